The van der Waals surface area contributed by atoms with Crippen LogP contribution in [0.1, 0.15) is 21.8 Å². The van der Waals surface area contributed by atoms with Crippen molar-refractivity contribution in [3.8, 4) is 0 Å². The Kier molecular flexibility index (Phi) is 5.31. The lowest BCUT2D eigenvalue weighted by atomic mass is 9.92. The molecule has 1 unspecified atom stereocenters. The minimum atomic E-state index is -0.521. The van der Waals surface area contributed by atoms with Crippen molar-refractivity contribution in [2.75, 3.05) is 6.16 Å². The van der Waals surface area contributed by atoms with Gasteiger partial charge in [0.15, 0.2) is 14.2 Å². The highest BCUT2D eigenvalue weighted by molar-refractivity contribution is 7.23. The third-order valence-electron chi connectivity index (χ3n) is 2.98. The van der Waals surface area contributed by atoms with Crippen molar-refractivity contribution in [1.82, 2.24) is 0 Å². The van der Waals surface area contributed by atoms with Crippen molar-refractivity contribution < 1.29 is 9.36 Å². The van der Waals surface area contributed by atoms with Crippen LogP contribution in [-0.4, -0.2) is 11.9 Å². The van der Waals surface area contributed by atoms with Crippen LogP contribution in [0.15, 0.2) is 48.5 Å². The molecule has 0 fully saturated rings. The molecule has 0 aliphatic heterocycles. The summed E-state index contributed by atoms with van der Waals surface area (Å²) in [6.45, 7) is 0. The lowest BCUT2D eigenvalue weighted by molar-refractivity contribution is 0.0968. The summed E-state index contributed by atoms with van der Waals surface area (Å²) in [6.07, 6.45) is 0.199. The Bertz CT molecular complexity index is 609. The molecule has 0 aliphatic carbocycles. The van der Waals surface area contributed by atoms with E-state index in [-0.39, 0.29) is 26.0 Å². The topological polar surface area (TPSA) is 34.1 Å². The molecule has 0 aromatic heterocycles. The number of benzene rings is 2. The van der Waals surface area contributed by atoms with Gasteiger partial charge in [-0.05, 0) is 17.7 Å². The fourth-order valence-electron chi connectivity index (χ4n) is 2.01. The quantitative estimate of drug-likeness (QED) is 0.556. The highest BCUT2D eigenvalue weighted by Crippen LogP contribution is 2.31. The summed E-state index contributed by atoms with van der Waals surface area (Å²) in [7, 11) is -0.0899. The number of hydrogen-bond acceptors (Lipinski definition) is 2. The zero-order chi connectivity index (χ0) is 14.5. The van der Waals surface area contributed by atoms with E-state index >= 15 is 0 Å². The van der Waals surface area contributed by atoms with E-state index < -0.39 is 5.92 Å². The van der Waals surface area contributed by atoms with Crippen molar-refractivity contribution in [2.24, 2.45) is 0 Å². The second-order valence-electron chi connectivity index (χ2n) is 4.24. The van der Waals surface area contributed by atoms with Crippen molar-refractivity contribution in [3.63, 3.8) is 0 Å². The van der Waals surface area contributed by atoms with E-state index in [1.165, 1.54) is 0 Å². The van der Waals surface area contributed by atoms with Gasteiger partial charge in [-0.3, -0.25) is 9.36 Å². The van der Waals surface area contributed by atoms with Gasteiger partial charge in [0.2, 0.25) is 0 Å². The van der Waals surface area contributed by atoms with Crippen LogP contribution < -0.4 is 0 Å². The monoisotopic (exact) mass is 324 g/mol. The average Bonchev–Trinajstić information content (AvgIpc) is 2.45. The third kappa shape index (κ3) is 3.27. The fourth-order valence-corrected chi connectivity index (χ4v) is 3.12. The first kappa shape index (κ1) is 15.2. The summed E-state index contributed by atoms with van der Waals surface area (Å²) < 4.78 is 11.0. The van der Waals surface area contributed by atoms with Crippen LogP contribution >= 0.6 is 31.7 Å². The van der Waals surface area contributed by atoms with Gasteiger partial charge < -0.3 is 0 Å². The molecule has 2 aromatic rings. The van der Waals surface area contributed by atoms with E-state index in [4.69, 9.17) is 23.2 Å². The highest BCUT2D eigenvalue weighted by Gasteiger charge is 2.25. The van der Waals surface area contributed by atoms with Gasteiger partial charge in [-0.2, -0.15) is 0 Å². The molecule has 1 atom stereocenters. The van der Waals surface area contributed by atoms with Gasteiger partial charge in [-0.15, -0.1) is 0 Å². The van der Waals surface area contributed by atoms with E-state index in [1.807, 2.05) is 30.3 Å². The maximum absolute atomic E-state index is 12.7. The van der Waals surface area contributed by atoms with Crippen molar-refractivity contribution >= 4 is 37.4 Å². The van der Waals surface area contributed by atoms with E-state index in [1.54, 1.807) is 18.2 Å². The zero-order valence-electron chi connectivity index (χ0n) is 10.4. The average molecular weight is 325 g/mol. The van der Waals surface area contributed by atoms with Gasteiger partial charge in [0, 0.05) is 6.16 Å². The predicted octanol–water partition coefficient (Wildman–Crippen LogP) is 5.25. The Hall–Kier alpha value is -1.21. The summed E-state index contributed by atoms with van der Waals surface area (Å²) in [6, 6.07) is 14.1. The Morgan fingerprint density at radius 1 is 1.00 bits per heavy atom. The molecule has 0 saturated heterocycles. The summed E-state index contributed by atoms with van der Waals surface area (Å²) in [5.74, 6) is -0.733. The minimum Gasteiger partial charge on any atom is -0.293 e. The van der Waals surface area contributed by atoms with Crippen LogP contribution in [0.2, 0.25) is 10.0 Å². The van der Waals surface area contributed by atoms with Crippen molar-refractivity contribution in [1.29, 1.82) is 0 Å². The first-order chi connectivity index (χ1) is 9.65. The molecule has 102 valence electrons. The molecule has 0 bridgehead atoms. The number of carbonyl (C=O) groups is 1. The molecule has 2 nitrogen and oxygen atoms in total. The molecular weight excluding hydrogens is 314 g/mol. The third-order valence-corrected chi connectivity index (χ3v) is 4.13. The summed E-state index contributed by atoms with van der Waals surface area (Å²) in [5, 5.41) is 0.622. The standard InChI is InChI=1S/C15H11Cl2O2P/c16-12-7-4-8-13(17)14(12)15(18)11(9-20-19)10-5-2-1-3-6-10/h1-8,11H,9H2. The molecule has 2 rings (SSSR count). The Labute approximate surface area is 128 Å². The van der Waals surface area contributed by atoms with Gasteiger partial charge in [0.1, 0.15) is 0 Å². The number of halogens is 2. The van der Waals surface area contributed by atoms with Crippen LogP contribution in [-0.2, 0) is 4.57 Å². The Balaban J connectivity index is 2.45. The normalized spacial score (nSPS) is 12.3. The maximum atomic E-state index is 12.7. The van der Waals surface area contributed by atoms with Gasteiger partial charge in [-0.1, -0.05) is 59.6 Å². The molecule has 0 spiro atoms. The zero-order valence-corrected chi connectivity index (χ0v) is 12.8. The molecule has 0 amide bonds. The Morgan fingerprint density at radius 2 is 1.60 bits per heavy atom. The van der Waals surface area contributed by atoms with Crippen molar-refractivity contribution in [2.45, 2.75) is 5.92 Å². The molecule has 0 aliphatic rings. The number of ketones is 1. The maximum Gasteiger partial charge on any atom is 0.174 e. The van der Waals surface area contributed by atoms with Gasteiger partial charge in [-0.25, -0.2) is 0 Å². The lowest BCUT2D eigenvalue weighted by Crippen LogP contribution is -2.15. The number of carbonyl (C=O) groups excluding carboxylic acids is 1. The number of Topliss-reactive ketones (excluding diaryl/α,β-unsaturated/α-hetero) is 1. The van der Waals surface area contributed by atoms with Gasteiger partial charge in [0.05, 0.1) is 21.5 Å². The van der Waals surface area contributed by atoms with Crippen LogP contribution in [0.5, 0.6) is 0 Å². The lowest BCUT2D eigenvalue weighted by Gasteiger charge is -2.15. The first-order valence-corrected chi connectivity index (χ1v) is 7.72. The number of rotatable bonds is 5. The molecule has 0 saturated carbocycles. The van der Waals surface area contributed by atoms with E-state index in [0.717, 1.165) is 5.56 Å². The molecule has 0 heterocycles. The van der Waals surface area contributed by atoms with Crippen LogP contribution in [0.3, 0.4) is 0 Å². The largest absolute Gasteiger partial charge is 0.293 e. The molecule has 0 N–H and O–H groups in total. The van der Waals surface area contributed by atoms with E-state index in [9.17, 15) is 9.36 Å². The van der Waals surface area contributed by atoms with Gasteiger partial charge >= 0.3 is 0 Å². The number of hydrogen-bond donors (Lipinski definition) is 0. The molecular formula is C15H11Cl2O2P. The van der Waals surface area contributed by atoms with Gasteiger partial charge in [0.25, 0.3) is 0 Å². The SMILES string of the molecule is O=PCC(C(=O)c1c(Cl)cccc1Cl)c1ccccc1. The molecule has 20 heavy (non-hydrogen) atoms. The van der Waals surface area contributed by atoms with Crippen LogP contribution in [0.4, 0.5) is 0 Å². The fraction of sp³-hybridized carbons (Fsp3) is 0.133. The van der Waals surface area contributed by atoms with Crippen LogP contribution in [0, 0.1) is 0 Å². The predicted molar refractivity (Wildman–Crippen MR) is 82.4 cm³/mol. The van der Waals surface area contributed by atoms with Crippen molar-refractivity contribution in [3.05, 3.63) is 69.7 Å². The Morgan fingerprint density at radius 3 is 2.15 bits per heavy atom. The summed E-state index contributed by atoms with van der Waals surface area (Å²) in [4.78, 5) is 12.7. The second kappa shape index (κ2) is 6.99. The minimum absolute atomic E-state index is 0.0899. The molecule has 2 aromatic carbocycles. The highest BCUT2D eigenvalue weighted by atomic mass is 35.5. The second-order valence-corrected chi connectivity index (χ2v) is 5.67. The summed E-state index contributed by atoms with van der Waals surface area (Å²) >= 11 is 12.1. The molecule has 0 radical (unpaired) electrons. The molecule has 5 heteroatoms. The van der Waals surface area contributed by atoms with Crippen LogP contribution in [0.25, 0.3) is 0 Å². The summed E-state index contributed by atoms with van der Waals surface area (Å²) in [5.41, 5.74) is 1.09. The first-order valence-electron chi connectivity index (χ1n) is 5.97. The van der Waals surface area contributed by atoms with E-state index in [2.05, 4.69) is 0 Å². The van der Waals surface area contributed by atoms with E-state index in [0.29, 0.717) is 10.0 Å². The smallest absolute Gasteiger partial charge is 0.174 e.